The van der Waals surface area contributed by atoms with Crippen LogP contribution >= 0.6 is 0 Å². The van der Waals surface area contributed by atoms with E-state index in [9.17, 15) is 4.79 Å². The van der Waals surface area contributed by atoms with Crippen LogP contribution in [-0.2, 0) is 14.3 Å². The highest BCUT2D eigenvalue weighted by molar-refractivity contribution is 5.84. The zero-order valence-corrected chi connectivity index (χ0v) is 10.1. The lowest BCUT2D eigenvalue weighted by molar-refractivity contribution is -0.128. The second kappa shape index (κ2) is 6.18. The first-order valence-corrected chi connectivity index (χ1v) is 5.71. The van der Waals surface area contributed by atoms with Crippen molar-refractivity contribution in [2.45, 2.75) is 37.3 Å². The Bertz CT molecular complexity index is 235. The summed E-state index contributed by atoms with van der Waals surface area (Å²) in [6, 6.07) is 0. The van der Waals surface area contributed by atoms with Gasteiger partial charge >= 0.3 is 0 Å². The Balaban J connectivity index is 2.60. The van der Waals surface area contributed by atoms with Gasteiger partial charge in [-0.1, -0.05) is 0 Å². The Morgan fingerprint density at radius 2 is 2.31 bits per heavy atom. The first-order valence-electron chi connectivity index (χ1n) is 5.71. The minimum Gasteiger partial charge on any atom is -0.383 e. The standard InChI is InChI=1S/C11H22N2O3/c1-15-7-6-13-11(10(12)14)5-3-4-9(8-11)16-2/h9,13H,3-8H2,1-2H3,(H2,12,14). The predicted octanol–water partition coefficient (Wildman–Crippen LogP) is 0.0355. The van der Waals surface area contributed by atoms with Crippen LogP contribution in [0.1, 0.15) is 25.7 Å². The number of carbonyl (C=O) groups is 1. The van der Waals surface area contributed by atoms with E-state index in [-0.39, 0.29) is 12.0 Å². The molecule has 0 spiro atoms. The highest BCUT2D eigenvalue weighted by Gasteiger charge is 2.40. The van der Waals surface area contributed by atoms with Gasteiger partial charge in [0.2, 0.25) is 5.91 Å². The summed E-state index contributed by atoms with van der Waals surface area (Å²) < 4.78 is 10.3. The van der Waals surface area contributed by atoms with Crippen LogP contribution in [-0.4, -0.2) is 44.9 Å². The number of ether oxygens (including phenoxy) is 2. The molecule has 3 N–H and O–H groups in total. The lowest BCUT2D eigenvalue weighted by atomic mass is 9.79. The molecular formula is C11H22N2O3. The molecule has 0 aromatic heterocycles. The number of hydrogen-bond acceptors (Lipinski definition) is 4. The molecule has 1 saturated carbocycles. The van der Waals surface area contributed by atoms with Crippen molar-refractivity contribution < 1.29 is 14.3 Å². The number of nitrogens with one attached hydrogen (secondary N) is 1. The number of amides is 1. The summed E-state index contributed by atoms with van der Waals surface area (Å²) in [6.07, 6.45) is 3.52. The average Bonchev–Trinajstić information content (AvgIpc) is 2.29. The second-order valence-corrected chi connectivity index (χ2v) is 4.32. The van der Waals surface area contributed by atoms with Crippen LogP contribution < -0.4 is 11.1 Å². The van der Waals surface area contributed by atoms with Crippen molar-refractivity contribution in [2.75, 3.05) is 27.4 Å². The Morgan fingerprint density at radius 3 is 2.88 bits per heavy atom. The minimum atomic E-state index is -0.614. The van der Waals surface area contributed by atoms with Crippen molar-refractivity contribution in [3.05, 3.63) is 0 Å². The van der Waals surface area contributed by atoms with E-state index in [1.807, 2.05) is 0 Å². The van der Waals surface area contributed by atoms with Crippen molar-refractivity contribution in [1.82, 2.24) is 5.32 Å². The fraction of sp³-hybridized carbons (Fsp3) is 0.909. The van der Waals surface area contributed by atoms with Gasteiger partial charge in [-0.15, -0.1) is 0 Å². The maximum Gasteiger partial charge on any atom is 0.237 e. The van der Waals surface area contributed by atoms with Crippen molar-refractivity contribution in [2.24, 2.45) is 5.73 Å². The van der Waals surface area contributed by atoms with Crippen LogP contribution in [0, 0.1) is 0 Å². The summed E-state index contributed by atoms with van der Waals surface area (Å²) in [7, 11) is 3.31. The maximum atomic E-state index is 11.6. The summed E-state index contributed by atoms with van der Waals surface area (Å²) in [5.41, 5.74) is 4.89. The molecule has 1 aliphatic rings. The highest BCUT2D eigenvalue weighted by Crippen LogP contribution is 2.29. The molecule has 1 amide bonds. The molecule has 0 radical (unpaired) electrons. The quantitative estimate of drug-likeness (QED) is 0.632. The van der Waals surface area contributed by atoms with Gasteiger partial charge in [-0.3, -0.25) is 4.79 Å². The largest absolute Gasteiger partial charge is 0.383 e. The third-order valence-electron chi connectivity index (χ3n) is 3.28. The van der Waals surface area contributed by atoms with Gasteiger partial charge < -0.3 is 20.5 Å². The molecule has 0 aromatic rings. The molecule has 94 valence electrons. The number of primary amides is 1. The molecule has 5 nitrogen and oxygen atoms in total. The molecule has 0 saturated heterocycles. The first-order chi connectivity index (χ1) is 7.64. The maximum absolute atomic E-state index is 11.6. The van der Waals surface area contributed by atoms with E-state index in [0.29, 0.717) is 19.6 Å². The highest BCUT2D eigenvalue weighted by atomic mass is 16.5. The van der Waals surface area contributed by atoms with Crippen LogP contribution in [0.5, 0.6) is 0 Å². The van der Waals surface area contributed by atoms with Gasteiger partial charge in [-0.2, -0.15) is 0 Å². The molecular weight excluding hydrogens is 208 g/mol. The zero-order chi connectivity index (χ0) is 12.0. The Kier molecular flexibility index (Phi) is 5.18. The molecule has 1 aliphatic carbocycles. The van der Waals surface area contributed by atoms with Crippen molar-refractivity contribution in [3.8, 4) is 0 Å². The average molecular weight is 230 g/mol. The Hall–Kier alpha value is -0.650. The van der Waals surface area contributed by atoms with Gasteiger partial charge in [-0.25, -0.2) is 0 Å². The molecule has 5 heteroatoms. The SMILES string of the molecule is COCCNC1(C(N)=O)CCCC(OC)C1. The van der Waals surface area contributed by atoms with Crippen molar-refractivity contribution >= 4 is 5.91 Å². The normalized spacial score (nSPS) is 30.2. The molecule has 2 atom stereocenters. The van der Waals surface area contributed by atoms with E-state index in [1.165, 1.54) is 0 Å². The summed E-state index contributed by atoms with van der Waals surface area (Å²) in [6.45, 7) is 1.21. The second-order valence-electron chi connectivity index (χ2n) is 4.32. The van der Waals surface area contributed by atoms with Gasteiger partial charge in [-0.05, 0) is 19.3 Å². The Morgan fingerprint density at radius 1 is 1.56 bits per heavy atom. The van der Waals surface area contributed by atoms with Gasteiger partial charge in [0.25, 0.3) is 0 Å². The molecule has 0 aromatic carbocycles. The molecule has 1 fully saturated rings. The third kappa shape index (κ3) is 3.17. The van der Waals surface area contributed by atoms with E-state index in [1.54, 1.807) is 14.2 Å². The number of rotatable bonds is 6. The minimum absolute atomic E-state index is 0.122. The third-order valence-corrected chi connectivity index (χ3v) is 3.28. The van der Waals surface area contributed by atoms with Crippen LogP contribution in [0.3, 0.4) is 0 Å². The number of hydrogen-bond donors (Lipinski definition) is 2. The monoisotopic (exact) mass is 230 g/mol. The fourth-order valence-corrected chi connectivity index (χ4v) is 2.29. The van der Waals surface area contributed by atoms with Gasteiger partial charge in [0.15, 0.2) is 0 Å². The number of nitrogens with two attached hydrogens (primary N) is 1. The van der Waals surface area contributed by atoms with Crippen LogP contribution in [0.2, 0.25) is 0 Å². The lowest BCUT2D eigenvalue weighted by Crippen LogP contribution is -2.59. The smallest absolute Gasteiger partial charge is 0.237 e. The van der Waals surface area contributed by atoms with E-state index in [4.69, 9.17) is 15.2 Å². The van der Waals surface area contributed by atoms with Crippen molar-refractivity contribution in [1.29, 1.82) is 0 Å². The van der Waals surface area contributed by atoms with E-state index in [0.717, 1.165) is 19.3 Å². The first kappa shape index (κ1) is 13.4. The summed E-state index contributed by atoms with van der Waals surface area (Å²) in [5.74, 6) is -0.287. The predicted molar refractivity (Wildman–Crippen MR) is 61.1 cm³/mol. The fourth-order valence-electron chi connectivity index (χ4n) is 2.29. The molecule has 0 aliphatic heterocycles. The number of methoxy groups -OCH3 is 2. The van der Waals surface area contributed by atoms with Gasteiger partial charge in [0.05, 0.1) is 12.7 Å². The van der Waals surface area contributed by atoms with Crippen LogP contribution in [0.15, 0.2) is 0 Å². The summed E-state index contributed by atoms with van der Waals surface area (Å²) >= 11 is 0. The van der Waals surface area contributed by atoms with Crippen LogP contribution in [0.4, 0.5) is 0 Å². The van der Waals surface area contributed by atoms with E-state index < -0.39 is 5.54 Å². The number of carbonyl (C=O) groups excluding carboxylic acids is 1. The van der Waals surface area contributed by atoms with Gasteiger partial charge in [0, 0.05) is 27.2 Å². The molecule has 1 rings (SSSR count). The zero-order valence-electron chi connectivity index (χ0n) is 10.1. The molecule has 0 heterocycles. The summed E-state index contributed by atoms with van der Waals surface area (Å²) in [4.78, 5) is 11.6. The van der Waals surface area contributed by atoms with E-state index in [2.05, 4.69) is 5.32 Å². The molecule has 0 bridgehead atoms. The molecule has 16 heavy (non-hydrogen) atoms. The molecule has 2 unspecified atom stereocenters. The Labute approximate surface area is 96.7 Å². The van der Waals surface area contributed by atoms with E-state index >= 15 is 0 Å². The summed E-state index contributed by atoms with van der Waals surface area (Å²) in [5, 5.41) is 3.22. The van der Waals surface area contributed by atoms with Gasteiger partial charge in [0.1, 0.15) is 5.54 Å². The lowest BCUT2D eigenvalue weighted by Gasteiger charge is -2.38. The van der Waals surface area contributed by atoms with Crippen LogP contribution in [0.25, 0.3) is 0 Å². The van der Waals surface area contributed by atoms with Crippen molar-refractivity contribution in [3.63, 3.8) is 0 Å². The topological polar surface area (TPSA) is 73.6 Å².